The number of allylic oxidation sites excluding steroid dienone is 2. The second kappa shape index (κ2) is 14.6. The molecule has 1 N–H and O–H groups in total. The van der Waals surface area contributed by atoms with Crippen molar-refractivity contribution in [2.75, 3.05) is 19.0 Å². The summed E-state index contributed by atoms with van der Waals surface area (Å²) < 4.78 is 4.69. The second-order valence-electron chi connectivity index (χ2n) is 6.52. The third-order valence-corrected chi connectivity index (χ3v) is 4.32. The van der Waals surface area contributed by atoms with Gasteiger partial charge in [-0.25, -0.2) is 4.79 Å². The zero-order valence-corrected chi connectivity index (χ0v) is 16.1. The molecule has 1 aromatic rings. The van der Waals surface area contributed by atoms with Gasteiger partial charge in [0.25, 0.3) is 0 Å². The van der Waals surface area contributed by atoms with Crippen LogP contribution in [0, 0.1) is 0 Å². The highest BCUT2D eigenvalue weighted by Crippen LogP contribution is 2.11. The molecule has 0 saturated heterocycles. The van der Waals surface area contributed by atoms with Crippen LogP contribution in [0.25, 0.3) is 0 Å². The van der Waals surface area contributed by atoms with E-state index in [1.54, 1.807) is 12.1 Å². The Bertz CT molecular complexity index is 479. The van der Waals surface area contributed by atoms with E-state index >= 15 is 0 Å². The van der Waals surface area contributed by atoms with Gasteiger partial charge < -0.3 is 10.1 Å². The van der Waals surface area contributed by atoms with E-state index in [2.05, 4.69) is 24.4 Å². The molecule has 0 aliphatic carbocycles. The molecule has 1 aromatic carbocycles. The number of anilines is 1. The van der Waals surface area contributed by atoms with E-state index in [1.165, 1.54) is 58.5 Å². The predicted octanol–water partition coefficient (Wildman–Crippen LogP) is 6.36. The largest absolute Gasteiger partial charge is 0.465 e. The van der Waals surface area contributed by atoms with Crippen molar-refractivity contribution in [2.45, 2.75) is 71.1 Å². The number of nitrogens with one attached hydrogen (secondary N) is 1. The Kier molecular flexibility index (Phi) is 12.4. The topological polar surface area (TPSA) is 38.3 Å². The average molecular weight is 346 g/mol. The van der Waals surface area contributed by atoms with Gasteiger partial charge in [-0.1, -0.05) is 57.6 Å². The molecule has 3 nitrogen and oxygen atoms in total. The summed E-state index contributed by atoms with van der Waals surface area (Å²) in [4.78, 5) is 11.4. The lowest BCUT2D eigenvalue weighted by Gasteiger charge is -2.06. The summed E-state index contributed by atoms with van der Waals surface area (Å²) in [5, 5.41) is 3.38. The summed E-state index contributed by atoms with van der Waals surface area (Å²) in [6, 6.07) is 7.41. The summed E-state index contributed by atoms with van der Waals surface area (Å²) in [6.45, 7) is 3.21. The minimum Gasteiger partial charge on any atom is -0.465 e. The summed E-state index contributed by atoms with van der Waals surface area (Å²) in [7, 11) is 1.40. The van der Waals surface area contributed by atoms with Crippen LogP contribution in [0.2, 0.25) is 0 Å². The number of ether oxygens (including phenoxy) is 1. The zero-order valence-electron chi connectivity index (χ0n) is 16.1. The van der Waals surface area contributed by atoms with Crippen LogP contribution in [-0.4, -0.2) is 19.6 Å². The Morgan fingerprint density at radius 2 is 1.52 bits per heavy atom. The van der Waals surface area contributed by atoms with E-state index in [0.29, 0.717) is 5.56 Å². The summed E-state index contributed by atoms with van der Waals surface area (Å²) in [6.07, 6.45) is 17.7. The molecular formula is C22H35NO2. The van der Waals surface area contributed by atoms with Crippen LogP contribution in [0.3, 0.4) is 0 Å². The van der Waals surface area contributed by atoms with E-state index < -0.39 is 0 Å². The molecule has 0 unspecified atom stereocenters. The Balaban J connectivity index is 1.98. The number of benzene rings is 1. The fourth-order valence-electron chi connectivity index (χ4n) is 2.75. The number of hydrogen-bond donors (Lipinski definition) is 1. The van der Waals surface area contributed by atoms with Crippen LogP contribution in [0.15, 0.2) is 36.4 Å². The SMILES string of the molecule is CCCCCCCCC/C=C/CCCNc1ccc(C(=O)OC)cc1. The average Bonchev–Trinajstić information content (AvgIpc) is 2.65. The second-order valence-corrected chi connectivity index (χ2v) is 6.52. The van der Waals surface area contributed by atoms with Gasteiger partial charge in [-0.15, -0.1) is 0 Å². The van der Waals surface area contributed by atoms with Gasteiger partial charge in [-0.2, -0.15) is 0 Å². The number of carbonyl (C=O) groups excluding carboxylic acids is 1. The van der Waals surface area contributed by atoms with E-state index in [9.17, 15) is 4.79 Å². The van der Waals surface area contributed by atoms with Crippen molar-refractivity contribution in [3.05, 3.63) is 42.0 Å². The molecule has 0 aliphatic rings. The third-order valence-electron chi connectivity index (χ3n) is 4.32. The van der Waals surface area contributed by atoms with E-state index in [1.807, 2.05) is 12.1 Å². The van der Waals surface area contributed by atoms with Crippen LogP contribution in [-0.2, 0) is 4.74 Å². The van der Waals surface area contributed by atoms with Crippen molar-refractivity contribution >= 4 is 11.7 Å². The lowest BCUT2D eigenvalue weighted by Crippen LogP contribution is -2.03. The fraction of sp³-hybridized carbons (Fsp3) is 0.591. The van der Waals surface area contributed by atoms with Crippen LogP contribution in [0.5, 0.6) is 0 Å². The quantitative estimate of drug-likeness (QED) is 0.242. The van der Waals surface area contributed by atoms with Crippen molar-refractivity contribution in [1.82, 2.24) is 0 Å². The molecule has 140 valence electrons. The molecule has 0 atom stereocenters. The number of hydrogen-bond acceptors (Lipinski definition) is 3. The first kappa shape index (κ1) is 21.3. The molecule has 25 heavy (non-hydrogen) atoms. The summed E-state index contributed by atoms with van der Waals surface area (Å²) in [5.41, 5.74) is 1.63. The molecule has 0 amide bonds. The van der Waals surface area contributed by atoms with Crippen molar-refractivity contribution in [3.63, 3.8) is 0 Å². The normalized spacial score (nSPS) is 11.0. The Labute approximate surface area is 153 Å². The van der Waals surface area contributed by atoms with Gasteiger partial charge in [0.1, 0.15) is 0 Å². The summed E-state index contributed by atoms with van der Waals surface area (Å²) >= 11 is 0. The highest BCUT2D eigenvalue weighted by Gasteiger charge is 2.03. The minimum absolute atomic E-state index is 0.294. The minimum atomic E-state index is -0.294. The first-order chi connectivity index (χ1) is 12.3. The highest BCUT2D eigenvalue weighted by molar-refractivity contribution is 5.89. The maximum atomic E-state index is 11.4. The van der Waals surface area contributed by atoms with Gasteiger partial charge in [0.05, 0.1) is 12.7 Å². The van der Waals surface area contributed by atoms with E-state index in [0.717, 1.165) is 25.1 Å². The standard InChI is InChI=1S/C22H35NO2/c1-3-4-5-6-7-8-9-10-11-12-13-14-19-23-21-17-15-20(16-18-21)22(24)25-2/h11-12,15-18,23H,3-10,13-14,19H2,1-2H3/b12-11+. The van der Waals surface area contributed by atoms with E-state index in [-0.39, 0.29) is 5.97 Å². The lowest BCUT2D eigenvalue weighted by atomic mass is 10.1. The molecule has 0 aliphatic heterocycles. The van der Waals surface area contributed by atoms with Gasteiger partial charge in [-0.3, -0.25) is 0 Å². The van der Waals surface area contributed by atoms with Crippen LogP contribution in [0.1, 0.15) is 81.5 Å². The molecule has 0 heterocycles. The number of carbonyl (C=O) groups is 1. The molecular weight excluding hydrogens is 310 g/mol. The van der Waals surface area contributed by atoms with Gasteiger partial charge in [0, 0.05) is 12.2 Å². The number of unbranched alkanes of at least 4 members (excludes halogenated alkanes) is 8. The smallest absolute Gasteiger partial charge is 0.337 e. The first-order valence-electron chi connectivity index (χ1n) is 9.85. The van der Waals surface area contributed by atoms with Gasteiger partial charge in [0.15, 0.2) is 0 Å². The number of esters is 1. The van der Waals surface area contributed by atoms with Crippen molar-refractivity contribution in [2.24, 2.45) is 0 Å². The molecule has 3 heteroatoms. The van der Waals surface area contributed by atoms with Gasteiger partial charge >= 0.3 is 5.97 Å². The maximum Gasteiger partial charge on any atom is 0.337 e. The van der Waals surface area contributed by atoms with Crippen molar-refractivity contribution in [1.29, 1.82) is 0 Å². The molecule has 1 rings (SSSR count). The number of rotatable bonds is 14. The summed E-state index contributed by atoms with van der Waals surface area (Å²) in [5.74, 6) is -0.294. The lowest BCUT2D eigenvalue weighted by molar-refractivity contribution is 0.0601. The molecule has 0 aromatic heterocycles. The first-order valence-corrected chi connectivity index (χ1v) is 9.85. The zero-order chi connectivity index (χ0) is 18.2. The Morgan fingerprint density at radius 1 is 0.920 bits per heavy atom. The molecule has 0 bridgehead atoms. The van der Waals surface area contributed by atoms with Crippen LogP contribution in [0.4, 0.5) is 5.69 Å². The monoisotopic (exact) mass is 345 g/mol. The Morgan fingerprint density at radius 3 is 2.16 bits per heavy atom. The van der Waals surface area contributed by atoms with Crippen molar-refractivity contribution in [3.8, 4) is 0 Å². The van der Waals surface area contributed by atoms with Gasteiger partial charge in [-0.05, 0) is 49.9 Å². The van der Waals surface area contributed by atoms with E-state index in [4.69, 9.17) is 4.74 Å². The fourth-order valence-corrected chi connectivity index (χ4v) is 2.75. The Hall–Kier alpha value is -1.77. The van der Waals surface area contributed by atoms with Gasteiger partial charge in [0.2, 0.25) is 0 Å². The maximum absolute atomic E-state index is 11.4. The number of methoxy groups -OCH3 is 1. The predicted molar refractivity (Wildman–Crippen MR) is 107 cm³/mol. The third kappa shape index (κ3) is 10.6. The molecule has 0 radical (unpaired) electrons. The van der Waals surface area contributed by atoms with Crippen molar-refractivity contribution < 1.29 is 9.53 Å². The highest BCUT2D eigenvalue weighted by atomic mass is 16.5. The van der Waals surface area contributed by atoms with Crippen LogP contribution < -0.4 is 5.32 Å². The molecule has 0 spiro atoms. The van der Waals surface area contributed by atoms with Crippen LogP contribution >= 0.6 is 0 Å². The molecule has 0 saturated carbocycles. The molecule has 0 fully saturated rings.